The van der Waals surface area contributed by atoms with Crippen LogP contribution in [0, 0.1) is 0 Å². The third-order valence-corrected chi connectivity index (χ3v) is 4.51. The van der Waals surface area contributed by atoms with Gasteiger partial charge < -0.3 is 10.1 Å². The topological polar surface area (TPSA) is 86.1 Å². The molecule has 0 atom stereocenters. The van der Waals surface area contributed by atoms with E-state index in [4.69, 9.17) is 4.74 Å². The molecule has 3 rings (SSSR count). The number of hydrogen-bond donors (Lipinski definition) is 1. The van der Waals surface area contributed by atoms with Gasteiger partial charge in [-0.2, -0.15) is 5.10 Å². The number of aromatic nitrogens is 3. The molecule has 1 amide bonds. The maximum absolute atomic E-state index is 12.7. The van der Waals surface area contributed by atoms with Crippen molar-refractivity contribution in [1.82, 2.24) is 20.1 Å². The van der Waals surface area contributed by atoms with Crippen molar-refractivity contribution in [1.29, 1.82) is 0 Å². The van der Waals surface area contributed by atoms with Crippen LogP contribution in [0.15, 0.2) is 30.9 Å². The van der Waals surface area contributed by atoms with Crippen LogP contribution in [-0.4, -0.2) is 38.8 Å². The van der Waals surface area contributed by atoms with Gasteiger partial charge in [-0.3, -0.25) is 14.5 Å². The van der Waals surface area contributed by atoms with E-state index in [0.29, 0.717) is 25.0 Å². The van der Waals surface area contributed by atoms with Crippen molar-refractivity contribution < 1.29 is 14.3 Å². The number of aryl methyl sites for hydroxylation is 1. The average molecular weight is 342 g/mol. The zero-order valence-electron chi connectivity index (χ0n) is 14.5. The number of hydrogen-bond acceptors (Lipinski definition) is 5. The summed E-state index contributed by atoms with van der Waals surface area (Å²) < 4.78 is 6.87. The lowest BCUT2D eigenvalue weighted by molar-refractivity contribution is -0.150. The molecule has 0 aliphatic heterocycles. The second-order valence-electron chi connectivity index (χ2n) is 6.33. The van der Waals surface area contributed by atoms with Crippen LogP contribution in [0.3, 0.4) is 0 Å². The minimum Gasteiger partial charge on any atom is -0.464 e. The number of amides is 1. The van der Waals surface area contributed by atoms with Gasteiger partial charge in [0.15, 0.2) is 0 Å². The minimum absolute atomic E-state index is 0.300. The van der Waals surface area contributed by atoms with Crippen LogP contribution in [0.2, 0.25) is 0 Å². The highest BCUT2D eigenvalue weighted by atomic mass is 16.5. The Kier molecular flexibility index (Phi) is 4.83. The minimum atomic E-state index is -0.919. The molecule has 0 aromatic carbocycles. The molecule has 0 bridgehead atoms. The number of rotatable bonds is 5. The molecule has 0 saturated heterocycles. The first-order valence-corrected chi connectivity index (χ1v) is 8.48. The first-order chi connectivity index (χ1) is 12.0. The molecule has 0 spiro atoms. The van der Waals surface area contributed by atoms with Gasteiger partial charge in [-0.1, -0.05) is 12.8 Å². The van der Waals surface area contributed by atoms with Crippen LogP contribution in [-0.2, 0) is 16.6 Å². The third-order valence-electron chi connectivity index (χ3n) is 4.51. The molecule has 1 fully saturated rings. The third kappa shape index (κ3) is 3.55. The smallest absolute Gasteiger partial charge is 0.331 e. The maximum Gasteiger partial charge on any atom is 0.331 e. The number of esters is 1. The van der Waals surface area contributed by atoms with Crippen LogP contribution in [0.5, 0.6) is 0 Å². The summed E-state index contributed by atoms with van der Waals surface area (Å²) in [4.78, 5) is 29.2. The molecule has 1 N–H and O–H groups in total. The summed E-state index contributed by atoms with van der Waals surface area (Å²) in [5.74, 6) is -0.662. The molecule has 2 aromatic rings. The summed E-state index contributed by atoms with van der Waals surface area (Å²) in [6.07, 6.45) is 9.76. The first kappa shape index (κ1) is 17.1. The van der Waals surface area contributed by atoms with Crippen molar-refractivity contribution in [2.75, 3.05) is 6.61 Å². The molecular weight excluding hydrogens is 320 g/mol. The summed E-state index contributed by atoms with van der Waals surface area (Å²) in [5.41, 5.74) is 1.18. The monoisotopic (exact) mass is 342 g/mol. The zero-order chi connectivity index (χ0) is 17.9. The second-order valence-corrected chi connectivity index (χ2v) is 6.33. The van der Waals surface area contributed by atoms with E-state index >= 15 is 0 Å². The summed E-state index contributed by atoms with van der Waals surface area (Å²) in [5, 5.41) is 7.04. The van der Waals surface area contributed by atoms with Gasteiger partial charge in [0, 0.05) is 36.8 Å². The van der Waals surface area contributed by atoms with Crippen LogP contribution in [0.25, 0.3) is 11.1 Å². The molecular formula is C18H22N4O3. The normalized spacial score (nSPS) is 15.8. The molecule has 7 heteroatoms. The number of pyridine rings is 1. The Hall–Kier alpha value is -2.70. The Morgan fingerprint density at radius 3 is 2.64 bits per heavy atom. The number of ether oxygens (including phenoxy) is 1. The standard InChI is InChI=1S/C18H22N4O3/c1-3-25-17(24)18(6-4-5-7-18)21-16(23)14-8-13(9-19-10-14)15-11-20-22(2)12-15/h8-12H,3-7H2,1-2H3,(H,21,23). The van der Waals surface area contributed by atoms with Gasteiger partial charge in [0.2, 0.25) is 0 Å². The first-order valence-electron chi connectivity index (χ1n) is 8.48. The Morgan fingerprint density at radius 1 is 1.24 bits per heavy atom. The Labute approximate surface area is 146 Å². The van der Waals surface area contributed by atoms with E-state index < -0.39 is 5.54 Å². The number of carbonyl (C=O) groups is 2. The van der Waals surface area contributed by atoms with Crippen molar-refractivity contribution in [2.45, 2.75) is 38.1 Å². The number of nitrogens with zero attached hydrogens (tertiary/aromatic N) is 3. The molecule has 2 heterocycles. The SMILES string of the molecule is CCOC(=O)C1(NC(=O)c2cncc(-c3cnn(C)c3)c2)CCCC1. The van der Waals surface area contributed by atoms with Gasteiger partial charge in [-0.25, -0.2) is 4.79 Å². The fourth-order valence-corrected chi connectivity index (χ4v) is 3.21. The molecule has 25 heavy (non-hydrogen) atoms. The fraction of sp³-hybridized carbons (Fsp3) is 0.444. The molecule has 1 aliphatic carbocycles. The van der Waals surface area contributed by atoms with Crippen molar-refractivity contribution in [2.24, 2.45) is 7.05 Å². The Bertz CT molecular complexity index is 778. The van der Waals surface area contributed by atoms with E-state index in [0.717, 1.165) is 24.0 Å². The highest BCUT2D eigenvalue weighted by Crippen LogP contribution is 2.31. The van der Waals surface area contributed by atoms with Crippen molar-refractivity contribution in [3.05, 3.63) is 36.4 Å². The fourth-order valence-electron chi connectivity index (χ4n) is 3.21. The van der Waals surface area contributed by atoms with E-state index in [9.17, 15) is 9.59 Å². The van der Waals surface area contributed by atoms with Gasteiger partial charge >= 0.3 is 5.97 Å². The lowest BCUT2D eigenvalue weighted by Crippen LogP contribution is -2.53. The highest BCUT2D eigenvalue weighted by Gasteiger charge is 2.44. The molecule has 0 radical (unpaired) electrons. The molecule has 132 valence electrons. The van der Waals surface area contributed by atoms with Crippen LogP contribution < -0.4 is 5.32 Å². The maximum atomic E-state index is 12.7. The lowest BCUT2D eigenvalue weighted by atomic mass is 9.97. The molecule has 1 aliphatic rings. The van der Waals surface area contributed by atoms with E-state index in [-0.39, 0.29) is 11.9 Å². The molecule has 1 saturated carbocycles. The van der Waals surface area contributed by atoms with E-state index in [1.165, 1.54) is 6.20 Å². The number of carbonyl (C=O) groups excluding carboxylic acids is 2. The molecule has 7 nitrogen and oxygen atoms in total. The van der Waals surface area contributed by atoms with Crippen LogP contribution in [0.1, 0.15) is 43.0 Å². The van der Waals surface area contributed by atoms with Crippen molar-refractivity contribution >= 4 is 11.9 Å². The van der Waals surface area contributed by atoms with Crippen LogP contribution >= 0.6 is 0 Å². The summed E-state index contributed by atoms with van der Waals surface area (Å²) >= 11 is 0. The quantitative estimate of drug-likeness (QED) is 0.841. The Morgan fingerprint density at radius 2 is 2.00 bits per heavy atom. The largest absolute Gasteiger partial charge is 0.464 e. The lowest BCUT2D eigenvalue weighted by Gasteiger charge is -2.27. The predicted molar refractivity (Wildman–Crippen MR) is 91.7 cm³/mol. The summed E-state index contributed by atoms with van der Waals surface area (Å²) in [7, 11) is 1.83. The van der Waals surface area contributed by atoms with Crippen LogP contribution in [0.4, 0.5) is 0 Å². The van der Waals surface area contributed by atoms with Gasteiger partial charge in [-0.05, 0) is 25.8 Å². The van der Waals surface area contributed by atoms with E-state index in [1.54, 1.807) is 30.1 Å². The summed E-state index contributed by atoms with van der Waals surface area (Å²) in [6, 6.07) is 1.76. The zero-order valence-corrected chi connectivity index (χ0v) is 14.5. The molecule has 0 unspecified atom stereocenters. The van der Waals surface area contributed by atoms with Gasteiger partial charge in [0.25, 0.3) is 5.91 Å². The second kappa shape index (κ2) is 7.04. The predicted octanol–water partition coefficient (Wildman–Crippen LogP) is 2.09. The van der Waals surface area contributed by atoms with E-state index in [1.807, 2.05) is 13.2 Å². The highest BCUT2D eigenvalue weighted by molar-refractivity contribution is 5.98. The number of nitrogens with one attached hydrogen (secondary N) is 1. The van der Waals surface area contributed by atoms with Gasteiger partial charge in [-0.15, -0.1) is 0 Å². The van der Waals surface area contributed by atoms with Crippen molar-refractivity contribution in [3.63, 3.8) is 0 Å². The van der Waals surface area contributed by atoms with Gasteiger partial charge in [0.1, 0.15) is 5.54 Å². The molecule has 2 aromatic heterocycles. The van der Waals surface area contributed by atoms with Crippen molar-refractivity contribution in [3.8, 4) is 11.1 Å². The average Bonchev–Trinajstić information content (AvgIpc) is 3.25. The Balaban J connectivity index is 1.82. The van der Waals surface area contributed by atoms with E-state index in [2.05, 4.69) is 15.4 Å². The summed E-state index contributed by atoms with van der Waals surface area (Å²) in [6.45, 7) is 2.07. The van der Waals surface area contributed by atoms with Gasteiger partial charge in [0.05, 0.1) is 18.4 Å².